The van der Waals surface area contributed by atoms with E-state index in [1.807, 2.05) is 13.0 Å². The van der Waals surface area contributed by atoms with Crippen LogP contribution in [0, 0.1) is 6.92 Å². The van der Waals surface area contributed by atoms with Gasteiger partial charge < -0.3 is 5.32 Å². The lowest BCUT2D eigenvalue weighted by Crippen LogP contribution is -2.02. The summed E-state index contributed by atoms with van der Waals surface area (Å²) in [5.74, 6) is 0.149. The first-order valence-corrected chi connectivity index (χ1v) is 7.43. The Bertz CT molecular complexity index is 432. The van der Waals surface area contributed by atoms with Crippen molar-refractivity contribution in [2.45, 2.75) is 47.0 Å². The maximum absolute atomic E-state index is 11.3. The molecule has 100 valence electrons. The molecule has 1 rings (SSSR count). The number of ketones is 1. The molecule has 0 unspecified atom stereocenters. The first-order chi connectivity index (χ1) is 8.58. The van der Waals surface area contributed by atoms with Crippen LogP contribution in [0.3, 0.4) is 0 Å². The molecule has 0 aliphatic rings. The molecule has 2 nitrogen and oxygen atoms in total. The number of allylic oxidation sites excluding steroid dienone is 1. The topological polar surface area (TPSA) is 29.1 Å². The lowest BCUT2D eigenvalue weighted by Gasteiger charge is -2.07. The maximum atomic E-state index is 11.3. The van der Waals surface area contributed by atoms with E-state index in [4.69, 9.17) is 0 Å². The third kappa shape index (κ3) is 4.30. The van der Waals surface area contributed by atoms with Crippen LogP contribution in [0.4, 0.5) is 5.00 Å². The molecule has 0 bridgehead atoms. The number of hydrogen-bond acceptors (Lipinski definition) is 3. The second-order valence-corrected chi connectivity index (χ2v) is 5.53. The van der Waals surface area contributed by atoms with Crippen LogP contribution in [-0.2, 0) is 0 Å². The van der Waals surface area contributed by atoms with Gasteiger partial charge in [0.1, 0.15) is 0 Å². The number of thiophene rings is 1. The van der Waals surface area contributed by atoms with Crippen LogP contribution in [0.15, 0.2) is 17.7 Å². The molecule has 0 atom stereocenters. The molecule has 0 radical (unpaired) electrons. The molecule has 1 aromatic heterocycles. The Morgan fingerprint density at radius 1 is 1.44 bits per heavy atom. The largest absolute Gasteiger partial charge is 0.376 e. The Morgan fingerprint density at radius 2 is 2.17 bits per heavy atom. The molecule has 0 aliphatic carbocycles. The first kappa shape index (κ1) is 15.0. The van der Waals surface area contributed by atoms with Crippen molar-refractivity contribution in [1.29, 1.82) is 0 Å². The Kier molecular flexibility index (Phi) is 6.13. The molecule has 0 saturated heterocycles. The van der Waals surface area contributed by atoms with E-state index in [2.05, 4.69) is 25.2 Å². The fourth-order valence-electron chi connectivity index (χ4n) is 1.88. The maximum Gasteiger partial charge on any atom is 0.169 e. The van der Waals surface area contributed by atoms with E-state index in [0.29, 0.717) is 0 Å². The summed E-state index contributed by atoms with van der Waals surface area (Å²) in [7, 11) is 0. The molecule has 0 saturated carbocycles. The highest BCUT2D eigenvalue weighted by Gasteiger charge is 2.08. The van der Waals surface area contributed by atoms with Gasteiger partial charge in [-0.05, 0) is 44.7 Å². The van der Waals surface area contributed by atoms with Crippen molar-refractivity contribution in [2.24, 2.45) is 0 Å². The normalized spacial score (nSPS) is 11.7. The van der Waals surface area contributed by atoms with Crippen LogP contribution in [-0.4, -0.2) is 12.3 Å². The molecular weight excluding hydrogens is 242 g/mol. The summed E-state index contributed by atoms with van der Waals surface area (Å²) in [6, 6.07) is 1.97. The number of aryl methyl sites for hydroxylation is 1. The molecule has 1 heterocycles. The smallest absolute Gasteiger partial charge is 0.169 e. The van der Waals surface area contributed by atoms with E-state index in [1.54, 1.807) is 18.3 Å². The number of carbonyl (C=O) groups is 1. The van der Waals surface area contributed by atoms with Gasteiger partial charge in [-0.2, -0.15) is 0 Å². The number of rotatable bonds is 7. The molecule has 1 aromatic rings. The van der Waals surface area contributed by atoms with Crippen molar-refractivity contribution in [3.05, 3.63) is 28.2 Å². The Morgan fingerprint density at radius 3 is 2.67 bits per heavy atom. The average Bonchev–Trinajstić information content (AvgIpc) is 2.70. The van der Waals surface area contributed by atoms with Crippen molar-refractivity contribution in [3.8, 4) is 0 Å². The number of hydrogen-bond donors (Lipinski definition) is 1. The fraction of sp³-hybridized carbons (Fsp3) is 0.533. The number of Topliss-reactive ketones (excluding diaryl/α,β-unsaturated/α-hetero) is 1. The SMILES string of the molecule is CCC=C(CC)CCNc1sc(C(C)=O)cc1C. The summed E-state index contributed by atoms with van der Waals surface area (Å²) in [5.41, 5.74) is 2.67. The van der Waals surface area contributed by atoms with E-state index in [1.165, 1.54) is 11.1 Å². The standard InChI is InChI=1S/C15H23NOS/c1-5-7-13(6-2)8-9-16-15-11(3)10-14(18-15)12(4)17/h7,10,16H,5-6,8-9H2,1-4H3. The quantitative estimate of drug-likeness (QED) is 0.566. The molecule has 0 fully saturated rings. The highest BCUT2D eigenvalue weighted by molar-refractivity contribution is 7.18. The van der Waals surface area contributed by atoms with Crippen molar-refractivity contribution in [1.82, 2.24) is 0 Å². The van der Waals surface area contributed by atoms with Gasteiger partial charge in [-0.1, -0.05) is 25.5 Å². The van der Waals surface area contributed by atoms with Crippen LogP contribution < -0.4 is 5.32 Å². The monoisotopic (exact) mass is 265 g/mol. The lowest BCUT2D eigenvalue weighted by molar-refractivity contribution is 0.102. The molecule has 0 aliphatic heterocycles. The predicted molar refractivity (Wildman–Crippen MR) is 80.8 cm³/mol. The molecule has 0 aromatic carbocycles. The van der Waals surface area contributed by atoms with E-state index < -0.39 is 0 Å². The van der Waals surface area contributed by atoms with Crippen LogP contribution >= 0.6 is 11.3 Å². The summed E-state index contributed by atoms with van der Waals surface area (Å²) in [5, 5.41) is 4.57. The van der Waals surface area contributed by atoms with Crippen molar-refractivity contribution in [2.75, 3.05) is 11.9 Å². The zero-order valence-corrected chi connectivity index (χ0v) is 12.6. The second kappa shape index (κ2) is 7.37. The van der Waals surface area contributed by atoms with Gasteiger partial charge in [-0.3, -0.25) is 4.79 Å². The second-order valence-electron chi connectivity index (χ2n) is 4.48. The average molecular weight is 265 g/mol. The van der Waals surface area contributed by atoms with Gasteiger partial charge in [0.15, 0.2) is 5.78 Å². The summed E-state index contributed by atoms with van der Waals surface area (Å²) in [4.78, 5) is 12.1. The van der Waals surface area contributed by atoms with Gasteiger partial charge in [0.05, 0.1) is 9.88 Å². The minimum Gasteiger partial charge on any atom is -0.376 e. The Labute approximate surface area is 114 Å². The molecule has 0 spiro atoms. The minimum atomic E-state index is 0.149. The van der Waals surface area contributed by atoms with Gasteiger partial charge >= 0.3 is 0 Å². The zero-order valence-electron chi connectivity index (χ0n) is 11.8. The third-order valence-electron chi connectivity index (χ3n) is 2.94. The molecule has 1 N–H and O–H groups in total. The summed E-state index contributed by atoms with van der Waals surface area (Å²) in [6.45, 7) is 8.98. The van der Waals surface area contributed by atoms with Crippen LogP contribution in [0.2, 0.25) is 0 Å². The van der Waals surface area contributed by atoms with Gasteiger partial charge in [-0.25, -0.2) is 0 Å². The van der Waals surface area contributed by atoms with Gasteiger partial charge in [-0.15, -0.1) is 11.3 Å². The summed E-state index contributed by atoms with van der Waals surface area (Å²) < 4.78 is 0. The molecule has 0 amide bonds. The van der Waals surface area contributed by atoms with E-state index in [9.17, 15) is 4.79 Å². The van der Waals surface area contributed by atoms with Crippen molar-refractivity contribution >= 4 is 22.1 Å². The molecule has 3 heteroatoms. The van der Waals surface area contributed by atoms with Gasteiger partial charge in [0.2, 0.25) is 0 Å². The molecular formula is C15H23NOS. The van der Waals surface area contributed by atoms with Gasteiger partial charge in [0.25, 0.3) is 0 Å². The number of carbonyl (C=O) groups excluding carboxylic acids is 1. The van der Waals surface area contributed by atoms with Crippen LogP contribution in [0.25, 0.3) is 0 Å². The van der Waals surface area contributed by atoms with E-state index in [0.717, 1.165) is 35.7 Å². The predicted octanol–water partition coefficient (Wildman–Crippen LogP) is 4.81. The summed E-state index contributed by atoms with van der Waals surface area (Å²) >= 11 is 1.56. The fourth-order valence-corrected chi connectivity index (χ4v) is 2.87. The van der Waals surface area contributed by atoms with E-state index in [-0.39, 0.29) is 5.78 Å². The highest BCUT2D eigenvalue weighted by atomic mass is 32.1. The van der Waals surface area contributed by atoms with Crippen molar-refractivity contribution < 1.29 is 4.79 Å². The number of anilines is 1. The number of nitrogens with one attached hydrogen (secondary N) is 1. The zero-order chi connectivity index (χ0) is 13.5. The van der Waals surface area contributed by atoms with Crippen molar-refractivity contribution in [3.63, 3.8) is 0 Å². The van der Waals surface area contributed by atoms with Gasteiger partial charge in [0, 0.05) is 6.54 Å². The minimum absolute atomic E-state index is 0.149. The first-order valence-electron chi connectivity index (χ1n) is 6.61. The Hall–Kier alpha value is -1.09. The highest BCUT2D eigenvalue weighted by Crippen LogP contribution is 2.27. The van der Waals surface area contributed by atoms with Crippen LogP contribution in [0.5, 0.6) is 0 Å². The van der Waals surface area contributed by atoms with E-state index >= 15 is 0 Å². The Balaban J connectivity index is 2.53. The lowest BCUT2D eigenvalue weighted by atomic mass is 10.1. The van der Waals surface area contributed by atoms with Crippen LogP contribution in [0.1, 0.15) is 55.3 Å². The summed E-state index contributed by atoms with van der Waals surface area (Å²) in [6.07, 6.45) is 5.62. The third-order valence-corrected chi connectivity index (χ3v) is 4.24. The molecule has 18 heavy (non-hydrogen) atoms.